The average Bonchev–Trinajstić information content (AvgIpc) is 2.82. The van der Waals surface area contributed by atoms with Gasteiger partial charge in [0.05, 0.1) is 6.10 Å². The first-order chi connectivity index (χ1) is 9.13. The number of hydrogen-bond acceptors (Lipinski definition) is 4. The summed E-state index contributed by atoms with van der Waals surface area (Å²) in [7, 11) is 0. The van der Waals surface area contributed by atoms with Gasteiger partial charge in [0.1, 0.15) is 12.2 Å². The molecule has 0 aliphatic heterocycles. The second-order valence-corrected chi connectivity index (χ2v) is 5.02. The van der Waals surface area contributed by atoms with E-state index in [-0.39, 0.29) is 12.1 Å². The van der Waals surface area contributed by atoms with Gasteiger partial charge >= 0.3 is 0 Å². The molecule has 1 aromatic rings. The molecule has 5 heteroatoms. The van der Waals surface area contributed by atoms with Gasteiger partial charge in [0.15, 0.2) is 0 Å². The molecule has 0 spiro atoms. The van der Waals surface area contributed by atoms with Crippen molar-refractivity contribution < 1.29 is 4.74 Å². The van der Waals surface area contributed by atoms with Crippen molar-refractivity contribution in [3.63, 3.8) is 0 Å². The Labute approximate surface area is 116 Å². The van der Waals surface area contributed by atoms with Crippen LogP contribution >= 0.6 is 0 Å². The molecule has 0 fully saturated rings. The molecule has 1 heterocycles. The van der Waals surface area contributed by atoms with Gasteiger partial charge in [-0.2, -0.15) is 5.10 Å². The second-order valence-electron chi connectivity index (χ2n) is 5.02. The molecule has 19 heavy (non-hydrogen) atoms. The van der Waals surface area contributed by atoms with E-state index < -0.39 is 0 Å². The van der Waals surface area contributed by atoms with Gasteiger partial charge in [-0.3, -0.25) is 4.68 Å². The lowest BCUT2D eigenvalue weighted by atomic mass is 9.96. The minimum atomic E-state index is 0.201. The van der Waals surface area contributed by atoms with Crippen molar-refractivity contribution in [3.05, 3.63) is 12.2 Å². The fourth-order valence-corrected chi connectivity index (χ4v) is 2.44. The van der Waals surface area contributed by atoms with Gasteiger partial charge in [-0.25, -0.2) is 4.98 Å². The Kier molecular flexibility index (Phi) is 7.02. The van der Waals surface area contributed by atoms with Crippen LogP contribution in [0.2, 0.25) is 0 Å². The predicted molar refractivity (Wildman–Crippen MR) is 77.1 cm³/mol. The van der Waals surface area contributed by atoms with Crippen LogP contribution in [0.3, 0.4) is 0 Å². The smallest absolute Gasteiger partial charge is 0.138 e. The summed E-state index contributed by atoms with van der Waals surface area (Å²) in [6.07, 6.45) is 2.68. The lowest BCUT2D eigenvalue weighted by molar-refractivity contribution is 0.00330. The number of nitrogens with one attached hydrogen (secondary N) is 1. The number of ether oxygens (including phenoxy) is 1. The first kappa shape index (κ1) is 16.1. The van der Waals surface area contributed by atoms with Crippen LogP contribution in [0.4, 0.5) is 0 Å². The number of aromatic nitrogens is 3. The van der Waals surface area contributed by atoms with Gasteiger partial charge in [0.25, 0.3) is 0 Å². The highest BCUT2D eigenvalue weighted by molar-refractivity contribution is 4.93. The minimum Gasteiger partial charge on any atom is -0.377 e. The van der Waals surface area contributed by atoms with Crippen LogP contribution in [0, 0.1) is 5.92 Å². The average molecular weight is 268 g/mol. The van der Waals surface area contributed by atoms with Crippen molar-refractivity contribution in [2.24, 2.45) is 5.92 Å². The molecule has 1 N–H and O–H groups in total. The van der Waals surface area contributed by atoms with Crippen LogP contribution < -0.4 is 5.32 Å². The van der Waals surface area contributed by atoms with E-state index in [9.17, 15) is 0 Å². The van der Waals surface area contributed by atoms with Gasteiger partial charge in [-0.15, -0.1) is 0 Å². The molecule has 2 atom stereocenters. The van der Waals surface area contributed by atoms with Crippen LogP contribution in [0.15, 0.2) is 6.33 Å². The molecule has 2 unspecified atom stereocenters. The van der Waals surface area contributed by atoms with Gasteiger partial charge in [-0.05, 0) is 26.3 Å². The molecule has 0 aliphatic rings. The Bertz CT molecular complexity index is 351. The zero-order valence-corrected chi connectivity index (χ0v) is 12.9. The summed E-state index contributed by atoms with van der Waals surface area (Å²) in [5.41, 5.74) is 0. The van der Waals surface area contributed by atoms with Crippen molar-refractivity contribution in [3.8, 4) is 0 Å². The fourth-order valence-electron chi connectivity index (χ4n) is 2.44. The molecule has 1 aromatic heterocycles. The normalized spacial score (nSPS) is 14.8. The highest BCUT2D eigenvalue weighted by atomic mass is 16.5. The predicted octanol–water partition coefficient (Wildman–Crippen LogP) is 1.88. The standard InChI is InChI=1S/C14H28N4O/c1-6-15-12(14(11(4)5)19-8-3)9-13-16-10-17-18(13)7-2/h10-12,14-15H,6-9H2,1-5H3. The quantitative estimate of drug-likeness (QED) is 0.743. The topological polar surface area (TPSA) is 52.0 Å². The van der Waals surface area contributed by atoms with Crippen LogP contribution in [-0.4, -0.2) is 40.1 Å². The third-order valence-electron chi connectivity index (χ3n) is 3.28. The Morgan fingerprint density at radius 2 is 2.05 bits per heavy atom. The number of likely N-dealkylation sites (N-methyl/N-ethyl adjacent to an activating group) is 1. The summed E-state index contributed by atoms with van der Waals surface area (Å²) in [6, 6.07) is 0.277. The Morgan fingerprint density at radius 1 is 1.32 bits per heavy atom. The molecular formula is C14H28N4O. The Morgan fingerprint density at radius 3 is 2.58 bits per heavy atom. The van der Waals surface area contributed by atoms with E-state index >= 15 is 0 Å². The van der Waals surface area contributed by atoms with Gasteiger partial charge in [0.2, 0.25) is 0 Å². The lowest BCUT2D eigenvalue weighted by Gasteiger charge is -2.30. The van der Waals surface area contributed by atoms with E-state index in [0.717, 1.165) is 31.9 Å². The largest absolute Gasteiger partial charge is 0.377 e. The number of nitrogens with zero attached hydrogens (tertiary/aromatic N) is 3. The molecule has 5 nitrogen and oxygen atoms in total. The van der Waals surface area contributed by atoms with Gasteiger partial charge in [-0.1, -0.05) is 20.8 Å². The molecular weight excluding hydrogens is 240 g/mol. The molecule has 1 rings (SSSR count). The van der Waals surface area contributed by atoms with Crippen LogP contribution in [0.5, 0.6) is 0 Å². The number of aryl methyl sites for hydroxylation is 1. The van der Waals surface area contributed by atoms with Crippen LogP contribution in [-0.2, 0) is 17.7 Å². The van der Waals surface area contributed by atoms with Crippen molar-refractivity contribution in [2.75, 3.05) is 13.2 Å². The summed E-state index contributed by atoms with van der Waals surface area (Å²) in [4.78, 5) is 4.37. The van der Waals surface area contributed by atoms with Crippen molar-refractivity contribution >= 4 is 0 Å². The maximum atomic E-state index is 5.92. The Balaban J connectivity index is 2.80. The summed E-state index contributed by atoms with van der Waals surface area (Å²) in [5.74, 6) is 1.50. The zero-order valence-electron chi connectivity index (χ0n) is 12.9. The van der Waals surface area contributed by atoms with E-state index in [4.69, 9.17) is 4.74 Å². The molecule has 0 aromatic carbocycles. The van der Waals surface area contributed by atoms with Gasteiger partial charge in [0, 0.05) is 25.6 Å². The molecule has 0 radical (unpaired) electrons. The number of hydrogen-bond donors (Lipinski definition) is 1. The highest BCUT2D eigenvalue weighted by Gasteiger charge is 2.26. The Hall–Kier alpha value is -0.940. The summed E-state index contributed by atoms with van der Waals surface area (Å²) in [5, 5.41) is 7.77. The van der Waals surface area contributed by atoms with Crippen LogP contribution in [0.25, 0.3) is 0 Å². The van der Waals surface area contributed by atoms with Gasteiger partial charge < -0.3 is 10.1 Å². The van der Waals surface area contributed by atoms with E-state index in [2.05, 4.69) is 43.1 Å². The fraction of sp³-hybridized carbons (Fsp3) is 0.857. The lowest BCUT2D eigenvalue weighted by Crippen LogP contribution is -2.46. The summed E-state index contributed by atoms with van der Waals surface area (Å²) in [6.45, 7) is 13.2. The molecule has 0 saturated heterocycles. The number of rotatable bonds is 9. The van der Waals surface area contributed by atoms with Crippen molar-refractivity contribution in [1.29, 1.82) is 0 Å². The molecule has 110 valence electrons. The summed E-state index contributed by atoms with van der Waals surface area (Å²) >= 11 is 0. The maximum Gasteiger partial charge on any atom is 0.138 e. The zero-order chi connectivity index (χ0) is 14.3. The maximum absolute atomic E-state index is 5.92. The molecule has 0 saturated carbocycles. The minimum absolute atomic E-state index is 0.201. The van der Waals surface area contributed by atoms with E-state index in [1.165, 1.54) is 0 Å². The first-order valence-electron chi connectivity index (χ1n) is 7.35. The van der Waals surface area contributed by atoms with E-state index in [0.29, 0.717) is 5.92 Å². The summed E-state index contributed by atoms with van der Waals surface area (Å²) < 4.78 is 7.87. The van der Waals surface area contributed by atoms with Crippen LogP contribution in [0.1, 0.15) is 40.4 Å². The second kappa shape index (κ2) is 8.27. The molecule has 0 aliphatic carbocycles. The third-order valence-corrected chi connectivity index (χ3v) is 3.28. The van der Waals surface area contributed by atoms with E-state index in [1.807, 2.05) is 11.6 Å². The van der Waals surface area contributed by atoms with E-state index in [1.54, 1.807) is 6.33 Å². The highest BCUT2D eigenvalue weighted by Crippen LogP contribution is 2.15. The monoisotopic (exact) mass is 268 g/mol. The molecule has 0 bridgehead atoms. The molecule has 0 amide bonds. The SMILES string of the molecule is CCNC(Cc1ncnn1CC)C(OCC)C(C)C. The first-order valence-corrected chi connectivity index (χ1v) is 7.35. The van der Waals surface area contributed by atoms with Crippen molar-refractivity contribution in [2.45, 2.75) is 59.7 Å². The van der Waals surface area contributed by atoms with Crippen molar-refractivity contribution in [1.82, 2.24) is 20.1 Å². The third kappa shape index (κ3) is 4.58.